The molecule has 142 valence electrons. The maximum atomic E-state index is 13.0. The lowest BCUT2D eigenvalue weighted by Gasteiger charge is -2.13. The van der Waals surface area contributed by atoms with Crippen molar-refractivity contribution in [2.75, 3.05) is 11.9 Å². The SMILES string of the molecule is O=C(COC(=O)/C=C/c1ccsc1)Nc1ccc([N+](=O)[O-])cc1C(F)(F)F. The Morgan fingerprint density at radius 1 is 1.30 bits per heavy atom. The van der Waals surface area contributed by atoms with Gasteiger partial charge in [0.05, 0.1) is 16.2 Å². The van der Waals surface area contributed by atoms with Crippen molar-refractivity contribution in [2.24, 2.45) is 0 Å². The Hall–Kier alpha value is -3.21. The summed E-state index contributed by atoms with van der Waals surface area (Å²) in [5.41, 5.74) is -2.08. The fourth-order valence-corrected chi connectivity index (χ4v) is 2.52. The van der Waals surface area contributed by atoms with E-state index >= 15 is 0 Å². The zero-order valence-corrected chi connectivity index (χ0v) is 14.2. The van der Waals surface area contributed by atoms with Gasteiger partial charge in [-0.05, 0) is 34.5 Å². The molecule has 0 bridgehead atoms. The lowest BCUT2D eigenvalue weighted by Crippen LogP contribution is -2.22. The highest BCUT2D eigenvalue weighted by atomic mass is 32.1. The molecule has 27 heavy (non-hydrogen) atoms. The first-order chi connectivity index (χ1) is 12.7. The summed E-state index contributed by atoms with van der Waals surface area (Å²) in [7, 11) is 0. The predicted molar refractivity (Wildman–Crippen MR) is 91.0 cm³/mol. The van der Waals surface area contributed by atoms with Gasteiger partial charge in [-0.2, -0.15) is 24.5 Å². The van der Waals surface area contributed by atoms with Gasteiger partial charge in [0.15, 0.2) is 6.61 Å². The Bertz CT molecular complexity index is 879. The molecule has 11 heteroatoms. The number of benzene rings is 1. The first kappa shape index (κ1) is 20.1. The lowest BCUT2D eigenvalue weighted by molar-refractivity contribution is -0.385. The summed E-state index contributed by atoms with van der Waals surface area (Å²) in [5.74, 6) is -1.87. The molecule has 1 aromatic heterocycles. The van der Waals surface area contributed by atoms with Crippen LogP contribution in [-0.2, 0) is 20.5 Å². The third-order valence-corrected chi connectivity index (χ3v) is 3.80. The summed E-state index contributed by atoms with van der Waals surface area (Å²) in [4.78, 5) is 32.9. The quantitative estimate of drug-likeness (QED) is 0.344. The number of nitrogens with zero attached hydrogens (tertiary/aromatic N) is 1. The van der Waals surface area contributed by atoms with E-state index < -0.39 is 46.5 Å². The average Bonchev–Trinajstić information content (AvgIpc) is 3.11. The minimum absolute atomic E-state index is 0.311. The van der Waals surface area contributed by atoms with Crippen LogP contribution in [0, 0.1) is 10.1 Å². The van der Waals surface area contributed by atoms with Gasteiger partial charge < -0.3 is 10.1 Å². The van der Waals surface area contributed by atoms with E-state index in [1.807, 2.05) is 5.32 Å². The van der Waals surface area contributed by atoms with E-state index in [2.05, 4.69) is 4.74 Å². The van der Waals surface area contributed by atoms with E-state index in [0.29, 0.717) is 6.07 Å². The number of esters is 1. The number of rotatable bonds is 6. The third kappa shape index (κ3) is 5.92. The molecule has 0 aliphatic rings. The fraction of sp³-hybridized carbons (Fsp3) is 0.125. The molecule has 0 spiro atoms. The monoisotopic (exact) mass is 400 g/mol. The molecule has 0 radical (unpaired) electrons. The van der Waals surface area contributed by atoms with Crippen LogP contribution >= 0.6 is 11.3 Å². The molecule has 0 unspecified atom stereocenters. The molecule has 0 saturated heterocycles. The Kier molecular flexibility index (Phi) is 6.29. The van der Waals surface area contributed by atoms with Crippen molar-refractivity contribution in [3.63, 3.8) is 0 Å². The van der Waals surface area contributed by atoms with Crippen molar-refractivity contribution in [3.8, 4) is 0 Å². The number of thiophene rings is 1. The van der Waals surface area contributed by atoms with Crippen LogP contribution < -0.4 is 5.32 Å². The number of anilines is 1. The van der Waals surface area contributed by atoms with Crippen LogP contribution in [0.3, 0.4) is 0 Å². The number of alkyl halides is 3. The molecule has 1 heterocycles. The molecule has 7 nitrogen and oxygen atoms in total. The van der Waals surface area contributed by atoms with E-state index in [4.69, 9.17) is 0 Å². The van der Waals surface area contributed by atoms with Crippen LogP contribution in [0.15, 0.2) is 41.1 Å². The second-order valence-electron chi connectivity index (χ2n) is 5.03. The van der Waals surface area contributed by atoms with Gasteiger partial charge >= 0.3 is 12.1 Å². The van der Waals surface area contributed by atoms with Crippen molar-refractivity contribution in [2.45, 2.75) is 6.18 Å². The Morgan fingerprint density at radius 3 is 2.63 bits per heavy atom. The number of carbonyl (C=O) groups excluding carboxylic acids is 2. The van der Waals surface area contributed by atoms with Crippen LogP contribution in [0.25, 0.3) is 6.08 Å². The maximum Gasteiger partial charge on any atom is 0.418 e. The van der Waals surface area contributed by atoms with Crippen LogP contribution in [0.2, 0.25) is 0 Å². The number of halogens is 3. The van der Waals surface area contributed by atoms with E-state index in [-0.39, 0.29) is 0 Å². The largest absolute Gasteiger partial charge is 0.452 e. The average molecular weight is 400 g/mol. The lowest BCUT2D eigenvalue weighted by atomic mass is 10.1. The summed E-state index contributed by atoms with van der Waals surface area (Å²) < 4.78 is 43.7. The molecule has 2 aromatic rings. The molecule has 1 amide bonds. The highest BCUT2D eigenvalue weighted by Crippen LogP contribution is 2.37. The second-order valence-corrected chi connectivity index (χ2v) is 5.81. The van der Waals surface area contributed by atoms with Gasteiger partial charge in [0.1, 0.15) is 0 Å². The van der Waals surface area contributed by atoms with Crippen molar-refractivity contribution >= 4 is 40.7 Å². The van der Waals surface area contributed by atoms with Gasteiger partial charge in [-0.1, -0.05) is 0 Å². The molecule has 0 saturated carbocycles. The normalized spacial score (nSPS) is 11.4. The molecule has 0 aliphatic carbocycles. The Labute approximate surface area is 154 Å². The van der Waals surface area contributed by atoms with Crippen LogP contribution in [0.1, 0.15) is 11.1 Å². The second kappa shape index (κ2) is 8.45. The van der Waals surface area contributed by atoms with E-state index in [0.717, 1.165) is 23.8 Å². The highest BCUT2D eigenvalue weighted by Gasteiger charge is 2.35. The van der Waals surface area contributed by atoms with Crippen molar-refractivity contribution in [3.05, 3.63) is 62.3 Å². The van der Waals surface area contributed by atoms with Crippen molar-refractivity contribution < 1.29 is 32.4 Å². The number of hydrogen-bond donors (Lipinski definition) is 1. The zero-order valence-electron chi connectivity index (χ0n) is 13.4. The molecule has 0 aliphatic heterocycles. The molecular weight excluding hydrogens is 389 g/mol. The van der Waals surface area contributed by atoms with Crippen LogP contribution in [-0.4, -0.2) is 23.4 Å². The smallest absolute Gasteiger partial charge is 0.418 e. The first-order valence-electron chi connectivity index (χ1n) is 7.19. The van der Waals surface area contributed by atoms with E-state index in [9.17, 15) is 32.9 Å². The first-order valence-corrected chi connectivity index (χ1v) is 8.13. The minimum atomic E-state index is -4.92. The van der Waals surface area contributed by atoms with E-state index in [1.165, 1.54) is 17.4 Å². The summed E-state index contributed by atoms with van der Waals surface area (Å²) in [5, 5.41) is 16.1. The number of hydrogen-bond acceptors (Lipinski definition) is 6. The van der Waals surface area contributed by atoms with Crippen molar-refractivity contribution in [1.82, 2.24) is 0 Å². The molecular formula is C16H11F3N2O5S. The van der Waals surface area contributed by atoms with Crippen LogP contribution in [0.5, 0.6) is 0 Å². The van der Waals surface area contributed by atoms with Crippen molar-refractivity contribution in [1.29, 1.82) is 0 Å². The van der Waals surface area contributed by atoms with Gasteiger partial charge in [0.25, 0.3) is 11.6 Å². The fourth-order valence-electron chi connectivity index (χ4n) is 1.89. The summed E-state index contributed by atoms with van der Waals surface area (Å²) >= 11 is 1.42. The minimum Gasteiger partial charge on any atom is -0.452 e. The Balaban J connectivity index is 2.00. The number of nitro benzene ring substituents is 1. The highest BCUT2D eigenvalue weighted by molar-refractivity contribution is 7.08. The summed E-state index contributed by atoms with van der Waals surface area (Å²) in [6.45, 7) is -0.818. The molecule has 0 fully saturated rings. The number of ether oxygens (including phenoxy) is 1. The number of nitro groups is 1. The number of amides is 1. The van der Waals surface area contributed by atoms with Gasteiger partial charge in [-0.25, -0.2) is 4.79 Å². The predicted octanol–water partition coefficient (Wildman–Crippen LogP) is 3.87. The van der Waals surface area contributed by atoms with Crippen LogP contribution in [0.4, 0.5) is 24.5 Å². The summed E-state index contributed by atoms with van der Waals surface area (Å²) in [6, 6.07) is 3.64. The molecule has 2 rings (SSSR count). The topological polar surface area (TPSA) is 98.5 Å². The molecule has 1 aromatic carbocycles. The van der Waals surface area contributed by atoms with Gasteiger partial charge in [0.2, 0.25) is 0 Å². The molecule has 1 N–H and O–H groups in total. The van der Waals surface area contributed by atoms with Gasteiger partial charge in [-0.3, -0.25) is 14.9 Å². The standard InChI is InChI=1S/C16H11F3N2O5S/c17-16(18,19)12-7-11(21(24)25)2-3-13(12)20-14(22)8-26-15(23)4-1-10-5-6-27-9-10/h1-7,9H,8H2,(H,20,22)/b4-1+. The maximum absolute atomic E-state index is 13.0. The van der Waals surface area contributed by atoms with E-state index in [1.54, 1.807) is 16.8 Å². The summed E-state index contributed by atoms with van der Waals surface area (Å²) in [6.07, 6.45) is -2.40. The number of nitrogens with one attached hydrogen (secondary N) is 1. The third-order valence-electron chi connectivity index (χ3n) is 3.09. The number of carbonyl (C=O) groups is 2. The van der Waals surface area contributed by atoms with Gasteiger partial charge in [-0.15, -0.1) is 0 Å². The number of non-ortho nitro benzene ring substituents is 1. The molecule has 0 atom stereocenters. The zero-order chi connectivity index (χ0) is 20.0. The van der Waals surface area contributed by atoms with Gasteiger partial charge in [0, 0.05) is 18.2 Å². The Morgan fingerprint density at radius 2 is 2.04 bits per heavy atom.